The lowest BCUT2D eigenvalue weighted by atomic mass is 10.1. The fourth-order valence-corrected chi connectivity index (χ4v) is 3.86. The number of nitrogens with zero attached hydrogens (tertiary/aromatic N) is 3. The molecule has 27 heavy (non-hydrogen) atoms. The average molecular weight is 388 g/mol. The van der Waals surface area contributed by atoms with Crippen molar-refractivity contribution in [2.75, 3.05) is 38.0 Å². The number of anilines is 1. The van der Waals surface area contributed by atoms with E-state index in [1.165, 1.54) is 11.3 Å². The maximum absolute atomic E-state index is 12.5. The summed E-state index contributed by atoms with van der Waals surface area (Å²) in [7, 11) is 0. The first-order valence-corrected chi connectivity index (χ1v) is 9.48. The predicted molar refractivity (Wildman–Crippen MR) is 102 cm³/mol. The Kier molecular flexibility index (Phi) is 4.95. The van der Waals surface area contributed by atoms with E-state index in [1.54, 1.807) is 0 Å². The van der Waals surface area contributed by atoms with Crippen LogP contribution in [0.2, 0.25) is 0 Å². The number of aryl methyl sites for hydroxylation is 1. The van der Waals surface area contributed by atoms with Crippen molar-refractivity contribution in [1.29, 1.82) is 0 Å². The summed E-state index contributed by atoms with van der Waals surface area (Å²) in [6, 6.07) is 5.56. The van der Waals surface area contributed by atoms with Crippen molar-refractivity contribution in [2.45, 2.75) is 13.8 Å². The van der Waals surface area contributed by atoms with Crippen molar-refractivity contribution in [3.8, 4) is 11.5 Å². The Labute approximate surface area is 160 Å². The Hall–Kier alpha value is -2.65. The molecule has 1 aromatic carbocycles. The minimum atomic E-state index is -0.260. The molecular weight excluding hydrogens is 368 g/mol. The van der Waals surface area contributed by atoms with Gasteiger partial charge in [0.15, 0.2) is 16.6 Å². The van der Waals surface area contributed by atoms with Crippen molar-refractivity contribution in [2.24, 2.45) is 5.10 Å². The Balaban J connectivity index is 1.45. The zero-order chi connectivity index (χ0) is 18.8. The van der Waals surface area contributed by atoms with E-state index in [9.17, 15) is 4.79 Å². The fraction of sp³-hybridized carbons (Fsp3) is 0.389. The molecule has 2 aliphatic heterocycles. The van der Waals surface area contributed by atoms with Gasteiger partial charge >= 0.3 is 0 Å². The zero-order valence-corrected chi connectivity index (χ0v) is 16.0. The van der Waals surface area contributed by atoms with Gasteiger partial charge < -0.3 is 19.1 Å². The lowest BCUT2D eigenvalue weighted by Gasteiger charge is -2.25. The number of hydrogen-bond donors (Lipinski definition) is 1. The molecule has 2 aromatic rings. The third-order valence-electron chi connectivity index (χ3n) is 4.39. The molecule has 1 aromatic heterocycles. The van der Waals surface area contributed by atoms with E-state index < -0.39 is 0 Å². The maximum Gasteiger partial charge on any atom is 0.283 e. The van der Waals surface area contributed by atoms with Crippen molar-refractivity contribution in [1.82, 2.24) is 10.4 Å². The molecular formula is C18H20N4O4S. The van der Waals surface area contributed by atoms with Gasteiger partial charge in [0.05, 0.1) is 24.6 Å². The summed E-state index contributed by atoms with van der Waals surface area (Å²) < 4.78 is 16.0. The van der Waals surface area contributed by atoms with Crippen molar-refractivity contribution in [3.05, 3.63) is 34.3 Å². The van der Waals surface area contributed by atoms with Crippen molar-refractivity contribution >= 4 is 28.1 Å². The van der Waals surface area contributed by atoms with E-state index in [0.717, 1.165) is 23.8 Å². The summed E-state index contributed by atoms with van der Waals surface area (Å²) in [6.45, 7) is 6.82. The van der Waals surface area contributed by atoms with Gasteiger partial charge in [-0.3, -0.25) is 4.79 Å². The normalized spacial score (nSPS) is 16.5. The molecule has 0 spiro atoms. The van der Waals surface area contributed by atoms with Gasteiger partial charge in [0, 0.05) is 18.7 Å². The smallest absolute Gasteiger partial charge is 0.283 e. The quantitative estimate of drug-likeness (QED) is 0.638. The second-order valence-corrected chi connectivity index (χ2v) is 7.19. The highest BCUT2D eigenvalue weighted by atomic mass is 32.1. The van der Waals surface area contributed by atoms with Crippen molar-refractivity contribution in [3.63, 3.8) is 0 Å². The van der Waals surface area contributed by atoms with Gasteiger partial charge in [-0.2, -0.15) is 5.10 Å². The number of thiazole rings is 1. The molecule has 8 nitrogen and oxygen atoms in total. The topological polar surface area (TPSA) is 85.3 Å². The summed E-state index contributed by atoms with van der Waals surface area (Å²) in [5.74, 6) is 1.14. The summed E-state index contributed by atoms with van der Waals surface area (Å²) in [6.07, 6.45) is 0. The highest BCUT2D eigenvalue weighted by Gasteiger charge is 2.20. The van der Waals surface area contributed by atoms with Crippen LogP contribution in [-0.2, 0) is 4.74 Å². The number of fused-ring (bicyclic) bond motifs is 1. The third kappa shape index (κ3) is 3.74. The monoisotopic (exact) mass is 388 g/mol. The van der Waals surface area contributed by atoms with Gasteiger partial charge in [-0.05, 0) is 32.0 Å². The number of ether oxygens (including phenoxy) is 3. The van der Waals surface area contributed by atoms with E-state index in [1.807, 2.05) is 32.0 Å². The Morgan fingerprint density at radius 3 is 2.85 bits per heavy atom. The summed E-state index contributed by atoms with van der Waals surface area (Å²) in [5, 5.41) is 5.07. The highest BCUT2D eigenvalue weighted by Crippen LogP contribution is 2.32. The third-order valence-corrected chi connectivity index (χ3v) is 5.61. The van der Waals surface area contributed by atoms with E-state index in [2.05, 4.69) is 20.4 Å². The van der Waals surface area contributed by atoms with Crippen molar-refractivity contribution < 1.29 is 19.0 Å². The number of hydrazone groups is 1. The SMILES string of the molecule is C/C(=N\NC(=O)c1sc(N2CCOCC2)nc1C)c1ccc2c(c1)OCO2. The highest BCUT2D eigenvalue weighted by molar-refractivity contribution is 7.17. The van der Waals surface area contributed by atoms with E-state index in [-0.39, 0.29) is 12.7 Å². The van der Waals surface area contributed by atoms with Gasteiger partial charge in [-0.1, -0.05) is 11.3 Å². The molecule has 3 heterocycles. The van der Waals surface area contributed by atoms with E-state index in [0.29, 0.717) is 41.0 Å². The van der Waals surface area contributed by atoms with Crippen LogP contribution in [0.4, 0.5) is 5.13 Å². The number of amides is 1. The molecule has 2 aliphatic rings. The Bertz CT molecular complexity index is 889. The molecule has 9 heteroatoms. The summed E-state index contributed by atoms with van der Waals surface area (Å²) in [4.78, 5) is 19.8. The number of hydrogen-bond acceptors (Lipinski definition) is 8. The molecule has 1 amide bonds. The number of carbonyl (C=O) groups excluding carboxylic acids is 1. The van der Waals surface area contributed by atoms with Crippen LogP contribution in [0.15, 0.2) is 23.3 Å². The van der Waals surface area contributed by atoms with Crippen LogP contribution in [0, 0.1) is 6.92 Å². The second-order valence-electron chi connectivity index (χ2n) is 6.22. The van der Waals surface area contributed by atoms with Crippen LogP contribution in [0.3, 0.4) is 0 Å². The van der Waals surface area contributed by atoms with Gasteiger partial charge in [-0.25, -0.2) is 10.4 Å². The Morgan fingerprint density at radius 2 is 2.04 bits per heavy atom. The molecule has 0 atom stereocenters. The summed E-state index contributed by atoms with van der Waals surface area (Å²) >= 11 is 1.38. The van der Waals surface area contributed by atoms with Gasteiger partial charge in [0.25, 0.3) is 5.91 Å². The largest absolute Gasteiger partial charge is 0.454 e. The van der Waals surface area contributed by atoms with Gasteiger partial charge in [-0.15, -0.1) is 0 Å². The molecule has 1 N–H and O–H groups in total. The lowest BCUT2D eigenvalue weighted by molar-refractivity contribution is 0.0958. The zero-order valence-electron chi connectivity index (χ0n) is 15.2. The number of morpholine rings is 1. The van der Waals surface area contributed by atoms with Gasteiger partial charge in [0.1, 0.15) is 4.88 Å². The van der Waals surface area contributed by atoms with Crippen LogP contribution in [0.1, 0.15) is 27.9 Å². The predicted octanol–water partition coefficient (Wildman–Crippen LogP) is 2.17. The van der Waals surface area contributed by atoms with Crippen LogP contribution < -0.4 is 19.8 Å². The number of carbonyl (C=O) groups is 1. The minimum absolute atomic E-state index is 0.224. The molecule has 0 bridgehead atoms. The molecule has 0 unspecified atom stereocenters. The number of aromatic nitrogens is 1. The maximum atomic E-state index is 12.5. The van der Waals surface area contributed by atoms with Crippen LogP contribution in [0.25, 0.3) is 0 Å². The first-order valence-electron chi connectivity index (χ1n) is 8.66. The molecule has 0 aliphatic carbocycles. The molecule has 1 saturated heterocycles. The van der Waals surface area contributed by atoms with E-state index >= 15 is 0 Å². The van der Waals surface area contributed by atoms with Crippen LogP contribution in [0.5, 0.6) is 11.5 Å². The molecule has 4 rings (SSSR count). The fourth-order valence-electron chi connectivity index (χ4n) is 2.85. The Morgan fingerprint density at radius 1 is 1.26 bits per heavy atom. The molecule has 1 fully saturated rings. The van der Waals surface area contributed by atoms with Crippen LogP contribution in [-0.4, -0.2) is 49.7 Å². The average Bonchev–Trinajstić information content (AvgIpc) is 3.32. The summed E-state index contributed by atoms with van der Waals surface area (Å²) in [5.41, 5.74) is 4.86. The number of nitrogens with one attached hydrogen (secondary N) is 1. The standard InChI is InChI=1S/C18H20N4O4S/c1-11(13-3-4-14-15(9-13)26-10-25-14)20-21-17(23)16-12(2)19-18(27-16)22-5-7-24-8-6-22/h3-4,9H,5-8,10H2,1-2H3,(H,21,23)/b20-11+. The molecule has 142 valence electrons. The first-order chi connectivity index (χ1) is 13.1. The number of benzene rings is 1. The second kappa shape index (κ2) is 7.53. The van der Waals surface area contributed by atoms with E-state index in [4.69, 9.17) is 14.2 Å². The number of rotatable bonds is 4. The molecule has 0 saturated carbocycles. The lowest BCUT2D eigenvalue weighted by Crippen LogP contribution is -2.36. The van der Waals surface area contributed by atoms with Crippen LogP contribution >= 0.6 is 11.3 Å². The first kappa shape index (κ1) is 17.7. The van der Waals surface area contributed by atoms with Gasteiger partial charge in [0.2, 0.25) is 6.79 Å². The molecule has 0 radical (unpaired) electrons. The minimum Gasteiger partial charge on any atom is -0.454 e.